The average Bonchev–Trinajstić information content (AvgIpc) is 2.81. The largest absolute Gasteiger partial charge is 0.494 e. The minimum atomic E-state index is -0.310. The molecule has 1 N–H and O–H groups in total. The Morgan fingerprint density at radius 3 is 2.84 bits per heavy atom. The highest BCUT2D eigenvalue weighted by atomic mass is 35.5. The molecule has 2 fully saturated rings. The monoisotopic (exact) mass is 450 g/mol. The number of ether oxygens (including phenoxy) is 2. The number of hydrogen-bond donors (Lipinski definition) is 1. The van der Waals surface area contributed by atoms with Crippen LogP contribution in [-0.4, -0.2) is 49.7 Å². The smallest absolute Gasteiger partial charge is 0.287 e. The van der Waals surface area contributed by atoms with E-state index in [1.807, 2.05) is 4.90 Å². The second kappa shape index (κ2) is 9.87. The summed E-state index contributed by atoms with van der Waals surface area (Å²) in [6.07, 6.45) is 5.09. The number of piperidine rings is 1. The normalized spacial score (nSPS) is 20.0. The maximum absolute atomic E-state index is 14.4. The molecule has 0 amide bonds. The highest BCUT2D eigenvalue weighted by Gasteiger charge is 2.27. The molecule has 1 atom stereocenters. The average molecular weight is 451 g/mol. The Labute approximate surface area is 186 Å². The third-order valence-electron chi connectivity index (χ3n) is 6.08. The summed E-state index contributed by atoms with van der Waals surface area (Å²) in [6, 6.07) is 4.73. The molecule has 1 unspecified atom stereocenters. The van der Waals surface area contributed by atoms with Gasteiger partial charge in [0.05, 0.1) is 31.6 Å². The molecule has 0 bridgehead atoms. The molecular weight excluding hydrogens is 423 g/mol. The lowest BCUT2D eigenvalue weighted by Crippen LogP contribution is -2.39. The fourth-order valence-electron chi connectivity index (χ4n) is 4.35. The van der Waals surface area contributed by atoms with Gasteiger partial charge in [0, 0.05) is 26.2 Å². The first-order valence-electron chi connectivity index (χ1n) is 10.7. The maximum atomic E-state index is 14.4. The van der Waals surface area contributed by atoms with Crippen molar-refractivity contribution in [2.24, 2.45) is 5.92 Å². The lowest BCUT2D eigenvalue weighted by atomic mass is 10.0. The van der Waals surface area contributed by atoms with E-state index in [0.717, 1.165) is 26.1 Å². The summed E-state index contributed by atoms with van der Waals surface area (Å²) < 4.78 is 26.7. The highest BCUT2D eigenvalue weighted by Crippen LogP contribution is 2.34. The van der Waals surface area contributed by atoms with Crippen LogP contribution in [0.2, 0.25) is 5.02 Å². The van der Waals surface area contributed by atoms with Crippen LogP contribution in [0.3, 0.4) is 0 Å². The molecule has 1 aromatic heterocycles. The fraction of sp³-hybridized carbons (Fsp3) is 0.545. The van der Waals surface area contributed by atoms with Crippen molar-refractivity contribution < 1.29 is 13.9 Å². The molecule has 9 heteroatoms. The van der Waals surface area contributed by atoms with Gasteiger partial charge in [-0.1, -0.05) is 17.7 Å². The second-order valence-electron chi connectivity index (χ2n) is 8.09. The minimum Gasteiger partial charge on any atom is -0.494 e. The molecule has 0 spiro atoms. The van der Waals surface area contributed by atoms with E-state index in [9.17, 15) is 9.18 Å². The number of nitrogens with zero attached hydrogens (tertiary/aromatic N) is 3. The summed E-state index contributed by atoms with van der Waals surface area (Å²) in [7, 11) is 1.54. The zero-order valence-electron chi connectivity index (χ0n) is 17.7. The molecule has 31 heavy (non-hydrogen) atoms. The first-order valence-corrected chi connectivity index (χ1v) is 11.1. The Balaban J connectivity index is 1.42. The van der Waals surface area contributed by atoms with Gasteiger partial charge in [-0.2, -0.15) is 5.10 Å². The predicted molar refractivity (Wildman–Crippen MR) is 119 cm³/mol. The molecule has 7 nitrogen and oxygen atoms in total. The standard InChI is InChI=1S/C22H28ClFN4O3/c1-30-19-6-2-5-17(24)21(19)27-9-7-16(8-10-27)28-22(29)20(23)18(13-26-28)25-12-15-4-3-11-31-14-15/h2,5-6,13,15-16,25H,3-4,7-12,14H2,1H3. The molecule has 0 radical (unpaired) electrons. The molecule has 168 valence electrons. The van der Waals surface area contributed by atoms with Crippen molar-refractivity contribution >= 4 is 23.0 Å². The van der Waals surface area contributed by atoms with Gasteiger partial charge in [0.15, 0.2) is 0 Å². The maximum Gasteiger partial charge on any atom is 0.287 e. The van der Waals surface area contributed by atoms with Crippen LogP contribution in [0.5, 0.6) is 5.75 Å². The summed E-state index contributed by atoms with van der Waals surface area (Å²) in [5.74, 6) is 0.609. The summed E-state index contributed by atoms with van der Waals surface area (Å²) in [4.78, 5) is 14.8. The molecule has 1 aromatic carbocycles. The molecule has 2 aromatic rings. The van der Waals surface area contributed by atoms with Gasteiger partial charge in [-0.3, -0.25) is 4.79 Å². The topological polar surface area (TPSA) is 68.6 Å². The van der Waals surface area contributed by atoms with Crippen LogP contribution < -0.4 is 20.5 Å². The van der Waals surface area contributed by atoms with E-state index >= 15 is 0 Å². The lowest BCUT2D eigenvalue weighted by Gasteiger charge is -2.34. The van der Waals surface area contributed by atoms with Crippen LogP contribution in [-0.2, 0) is 4.74 Å². The first kappa shape index (κ1) is 21.9. The number of halogens is 2. The number of anilines is 2. The highest BCUT2D eigenvalue weighted by molar-refractivity contribution is 6.32. The number of benzene rings is 1. The summed E-state index contributed by atoms with van der Waals surface area (Å²) in [5, 5.41) is 7.79. The SMILES string of the molecule is COc1cccc(F)c1N1CCC(n2ncc(NCC3CCCOC3)c(Cl)c2=O)CC1. The third kappa shape index (κ3) is 4.80. The van der Waals surface area contributed by atoms with E-state index in [1.165, 1.54) is 17.9 Å². The van der Waals surface area contributed by atoms with Crippen LogP contribution in [0.1, 0.15) is 31.7 Å². The van der Waals surface area contributed by atoms with Crippen LogP contribution in [0, 0.1) is 11.7 Å². The fourth-order valence-corrected chi connectivity index (χ4v) is 4.55. The van der Waals surface area contributed by atoms with Crippen LogP contribution in [0.15, 0.2) is 29.2 Å². The van der Waals surface area contributed by atoms with Crippen molar-refractivity contribution in [3.05, 3.63) is 45.6 Å². The van der Waals surface area contributed by atoms with Gasteiger partial charge in [0.2, 0.25) is 0 Å². The van der Waals surface area contributed by atoms with Crippen LogP contribution >= 0.6 is 11.6 Å². The number of aromatic nitrogens is 2. The summed E-state index contributed by atoms with van der Waals surface area (Å²) in [5.41, 5.74) is 0.725. The van der Waals surface area contributed by atoms with Gasteiger partial charge in [0.25, 0.3) is 5.56 Å². The van der Waals surface area contributed by atoms with Crippen molar-refractivity contribution in [2.45, 2.75) is 31.7 Å². The number of rotatable bonds is 6. The van der Waals surface area contributed by atoms with Gasteiger partial charge in [0.1, 0.15) is 22.3 Å². The van der Waals surface area contributed by atoms with Crippen molar-refractivity contribution in [3.8, 4) is 5.75 Å². The molecule has 0 saturated carbocycles. The third-order valence-corrected chi connectivity index (χ3v) is 6.44. The number of nitrogens with one attached hydrogen (secondary N) is 1. The van der Waals surface area contributed by atoms with E-state index in [-0.39, 0.29) is 22.4 Å². The Morgan fingerprint density at radius 2 is 2.13 bits per heavy atom. The van der Waals surface area contributed by atoms with E-state index in [1.54, 1.807) is 18.3 Å². The summed E-state index contributed by atoms with van der Waals surface area (Å²) in [6.45, 7) is 3.43. The van der Waals surface area contributed by atoms with Crippen LogP contribution in [0.4, 0.5) is 15.8 Å². The van der Waals surface area contributed by atoms with Gasteiger partial charge >= 0.3 is 0 Å². The molecule has 0 aliphatic carbocycles. The van der Waals surface area contributed by atoms with E-state index in [0.29, 0.717) is 55.5 Å². The zero-order chi connectivity index (χ0) is 21.8. The molecule has 2 aliphatic heterocycles. The van der Waals surface area contributed by atoms with Crippen molar-refractivity contribution in [1.82, 2.24) is 9.78 Å². The predicted octanol–water partition coefficient (Wildman–Crippen LogP) is 3.72. The minimum absolute atomic E-state index is 0.0835. The molecule has 3 heterocycles. The number of hydrogen-bond acceptors (Lipinski definition) is 6. The van der Waals surface area contributed by atoms with Gasteiger partial charge in [-0.25, -0.2) is 9.07 Å². The van der Waals surface area contributed by atoms with Crippen molar-refractivity contribution in [3.63, 3.8) is 0 Å². The Kier molecular flexibility index (Phi) is 6.97. The first-order chi connectivity index (χ1) is 15.1. The van der Waals surface area contributed by atoms with Crippen LogP contribution in [0.25, 0.3) is 0 Å². The molecular formula is C22H28ClFN4O3. The van der Waals surface area contributed by atoms with E-state index in [4.69, 9.17) is 21.1 Å². The van der Waals surface area contributed by atoms with Gasteiger partial charge in [-0.05, 0) is 43.7 Å². The number of para-hydroxylation sites is 1. The quantitative estimate of drug-likeness (QED) is 0.723. The molecule has 2 saturated heterocycles. The Bertz CT molecular complexity index is 956. The molecule has 4 rings (SSSR count). The Hall–Kier alpha value is -2.32. The summed E-state index contributed by atoms with van der Waals surface area (Å²) >= 11 is 6.38. The number of methoxy groups -OCH3 is 1. The van der Waals surface area contributed by atoms with E-state index in [2.05, 4.69) is 10.4 Å². The van der Waals surface area contributed by atoms with Gasteiger partial charge in [-0.15, -0.1) is 0 Å². The Morgan fingerprint density at radius 1 is 1.32 bits per heavy atom. The van der Waals surface area contributed by atoms with Crippen molar-refractivity contribution in [1.29, 1.82) is 0 Å². The second-order valence-corrected chi connectivity index (χ2v) is 8.47. The van der Waals surface area contributed by atoms with Crippen molar-refractivity contribution in [2.75, 3.05) is 50.2 Å². The van der Waals surface area contributed by atoms with Gasteiger partial charge < -0.3 is 19.7 Å². The lowest BCUT2D eigenvalue weighted by molar-refractivity contribution is 0.0595. The zero-order valence-corrected chi connectivity index (χ0v) is 18.4. The molecule has 2 aliphatic rings. The van der Waals surface area contributed by atoms with E-state index < -0.39 is 0 Å².